The van der Waals surface area contributed by atoms with Gasteiger partial charge in [-0.3, -0.25) is 4.79 Å². The minimum absolute atomic E-state index is 0.0203. The van der Waals surface area contributed by atoms with E-state index in [0.717, 1.165) is 16.5 Å². The van der Waals surface area contributed by atoms with E-state index in [2.05, 4.69) is 5.10 Å². The van der Waals surface area contributed by atoms with Gasteiger partial charge >= 0.3 is 11.6 Å². The van der Waals surface area contributed by atoms with E-state index in [4.69, 9.17) is 9.15 Å². The van der Waals surface area contributed by atoms with Crippen LogP contribution in [-0.2, 0) is 6.54 Å². The Labute approximate surface area is 187 Å². The quantitative estimate of drug-likeness (QED) is 0.239. The molecule has 5 rings (SSSR count). The van der Waals surface area contributed by atoms with Crippen LogP contribution in [0.15, 0.2) is 92.9 Å². The summed E-state index contributed by atoms with van der Waals surface area (Å²) < 4.78 is 12.1. The molecule has 7 nitrogen and oxygen atoms in total. The van der Waals surface area contributed by atoms with Gasteiger partial charge in [0.05, 0.1) is 11.9 Å². The number of aryl methyl sites for hydroxylation is 1. The molecule has 33 heavy (non-hydrogen) atoms. The third-order valence-electron chi connectivity index (χ3n) is 5.37. The zero-order chi connectivity index (χ0) is 22.9. The molecule has 0 N–H and O–H groups in total. The molecule has 0 saturated heterocycles. The molecule has 0 atom stereocenters. The van der Waals surface area contributed by atoms with Crippen LogP contribution in [0.3, 0.4) is 0 Å². The van der Waals surface area contributed by atoms with Crippen molar-refractivity contribution in [3.8, 4) is 5.75 Å². The summed E-state index contributed by atoms with van der Waals surface area (Å²) in [5.74, 6) is -0.518. The van der Waals surface area contributed by atoms with E-state index in [0.29, 0.717) is 16.4 Å². The molecule has 0 amide bonds. The van der Waals surface area contributed by atoms with Gasteiger partial charge in [0.2, 0.25) is 0 Å². The van der Waals surface area contributed by atoms with Crippen molar-refractivity contribution in [3.63, 3.8) is 0 Å². The highest BCUT2D eigenvalue weighted by molar-refractivity contribution is 6.03. The molecule has 0 spiro atoms. The number of nitrogens with zero attached hydrogens (tertiary/aromatic N) is 2. The van der Waals surface area contributed by atoms with Crippen LogP contribution in [-0.4, -0.2) is 15.7 Å². The maximum absolute atomic E-state index is 13.1. The van der Waals surface area contributed by atoms with Crippen molar-refractivity contribution >= 4 is 27.7 Å². The van der Waals surface area contributed by atoms with Crippen LogP contribution in [0.4, 0.5) is 0 Å². The van der Waals surface area contributed by atoms with Gasteiger partial charge in [0.15, 0.2) is 5.69 Å². The molecule has 3 aromatic carbocycles. The highest BCUT2D eigenvalue weighted by Gasteiger charge is 2.19. The largest absolute Gasteiger partial charge is 0.423 e. The molecular weight excluding hydrogens is 420 g/mol. The fourth-order valence-corrected chi connectivity index (χ4v) is 3.77. The minimum atomic E-state index is -0.720. The van der Waals surface area contributed by atoms with Crippen LogP contribution in [0.2, 0.25) is 0 Å². The van der Waals surface area contributed by atoms with Gasteiger partial charge < -0.3 is 9.15 Å². The summed E-state index contributed by atoms with van der Waals surface area (Å²) in [6.45, 7) is 2.02. The van der Waals surface area contributed by atoms with E-state index in [9.17, 15) is 14.4 Å². The number of carbonyl (C=O) groups excluding carboxylic acids is 1. The number of ether oxygens (including phenoxy) is 1. The highest BCUT2D eigenvalue weighted by Crippen LogP contribution is 2.23. The number of esters is 1. The predicted molar refractivity (Wildman–Crippen MR) is 124 cm³/mol. The van der Waals surface area contributed by atoms with Gasteiger partial charge in [0.1, 0.15) is 11.3 Å². The summed E-state index contributed by atoms with van der Waals surface area (Å²) in [6.07, 6.45) is 0. The summed E-state index contributed by atoms with van der Waals surface area (Å²) in [6, 6.07) is 22.4. The van der Waals surface area contributed by atoms with Gasteiger partial charge in [0, 0.05) is 22.9 Å². The smallest absolute Gasteiger partial charge is 0.364 e. The Morgan fingerprint density at radius 3 is 2.42 bits per heavy atom. The lowest BCUT2D eigenvalue weighted by molar-refractivity contribution is 0.0728. The maximum atomic E-state index is 13.1. The van der Waals surface area contributed by atoms with E-state index in [1.165, 1.54) is 16.8 Å². The highest BCUT2D eigenvalue weighted by atomic mass is 16.5. The first-order valence-electron chi connectivity index (χ1n) is 10.3. The van der Waals surface area contributed by atoms with Crippen LogP contribution in [0.25, 0.3) is 21.7 Å². The Morgan fingerprint density at radius 2 is 1.64 bits per heavy atom. The van der Waals surface area contributed by atoms with Gasteiger partial charge in [-0.05, 0) is 36.2 Å². The van der Waals surface area contributed by atoms with Crippen LogP contribution in [0.5, 0.6) is 5.75 Å². The number of carbonyl (C=O) groups is 1. The lowest BCUT2D eigenvalue weighted by Crippen LogP contribution is -2.27. The Kier molecular flexibility index (Phi) is 5.06. The van der Waals surface area contributed by atoms with Crippen molar-refractivity contribution in [2.75, 3.05) is 0 Å². The van der Waals surface area contributed by atoms with Crippen molar-refractivity contribution in [2.45, 2.75) is 13.5 Å². The van der Waals surface area contributed by atoms with Crippen LogP contribution in [0.1, 0.15) is 21.6 Å². The van der Waals surface area contributed by atoms with E-state index in [-0.39, 0.29) is 23.5 Å². The standard InChI is InChI=1S/C26H18N2O5/c1-16-13-23(29)33-22-14-18(11-12-19(16)22)32-26(31)24-20-9-5-6-10-21(20)25(30)28(27-24)15-17-7-3-2-4-8-17/h2-14H,15H2,1H3. The molecule has 2 aromatic heterocycles. The van der Waals surface area contributed by atoms with Crippen molar-refractivity contribution in [2.24, 2.45) is 0 Å². The number of hydrogen-bond acceptors (Lipinski definition) is 6. The summed E-state index contributed by atoms with van der Waals surface area (Å²) in [5, 5.41) is 5.86. The Morgan fingerprint density at radius 1 is 0.909 bits per heavy atom. The van der Waals surface area contributed by atoms with Crippen molar-refractivity contribution in [1.82, 2.24) is 9.78 Å². The minimum Gasteiger partial charge on any atom is -0.423 e. The van der Waals surface area contributed by atoms with Crippen LogP contribution >= 0.6 is 0 Å². The second-order valence-corrected chi connectivity index (χ2v) is 7.64. The summed E-state index contributed by atoms with van der Waals surface area (Å²) in [7, 11) is 0. The number of fused-ring (bicyclic) bond motifs is 2. The van der Waals surface area contributed by atoms with E-state index >= 15 is 0 Å². The molecule has 0 aliphatic heterocycles. The zero-order valence-corrected chi connectivity index (χ0v) is 17.6. The molecule has 0 bridgehead atoms. The molecule has 0 saturated carbocycles. The molecule has 2 heterocycles. The molecular formula is C26H18N2O5. The molecule has 0 aliphatic rings. The van der Waals surface area contributed by atoms with Crippen molar-refractivity contribution < 1.29 is 13.9 Å². The zero-order valence-electron chi connectivity index (χ0n) is 17.6. The van der Waals surface area contributed by atoms with Gasteiger partial charge in [-0.25, -0.2) is 14.3 Å². The molecule has 0 radical (unpaired) electrons. The number of rotatable bonds is 4. The number of hydrogen-bond donors (Lipinski definition) is 0. The lowest BCUT2D eigenvalue weighted by atomic mass is 10.1. The van der Waals surface area contributed by atoms with Gasteiger partial charge in [-0.15, -0.1) is 0 Å². The first-order chi connectivity index (χ1) is 16.0. The lowest BCUT2D eigenvalue weighted by Gasteiger charge is -2.11. The monoisotopic (exact) mass is 438 g/mol. The van der Waals surface area contributed by atoms with Gasteiger partial charge in [-0.1, -0.05) is 48.5 Å². The van der Waals surface area contributed by atoms with E-state index < -0.39 is 11.6 Å². The fourth-order valence-electron chi connectivity index (χ4n) is 3.77. The average Bonchev–Trinajstić information content (AvgIpc) is 2.81. The second-order valence-electron chi connectivity index (χ2n) is 7.64. The van der Waals surface area contributed by atoms with Gasteiger partial charge in [0.25, 0.3) is 5.56 Å². The first kappa shape index (κ1) is 20.4. The third kappa shape index (κ3) is 3.92. The molecule has 5 aromatic rings. The fraction of sp³-hybridized carbons (Fsp3) is 0.0769. The first-order valence-corrected chi connectivity index (χ1v) is 10.3. The summed E-state index contributed by atoms with van der Waals surface area (Å²) >= 11 is 0. The molecule has 162 valence electrons. The Balaban J connectivity index is 1.57. The number of aromatic nitrogens is 2. The third-order valence-corrected chi connectivity index (χ3v) is 5.37. The number of benzene rings is 3. The molecule has 0 fully saturated rings. The van der Waals surface area contributed by atoms with Gasteiger partial charge in [-0.2, -0.15) is 5.10 Å². The van der Waals surface area contributed by atoms with E-state index in [1.807, 2.05) is 30.3 Å². The topological polar surface area (TPSA) is 91.4 Å². The molecule has 0 unspecified atom stereocenters. The maximum Gasteiger partial charge on any atom is 0.364 e. The van der Waals surface area contributed by atoms with Crippen LogP contribution < -0.4 is 15.9 Å². The van der Waals surface area contributed by atoms with Crippen molar-refractivity contribution in [1.29, 1.82) is 0 Å². The van der Waals surface area contributed by atoms with Crippen LogP contribution in [0, 0.1) is 6.92 Å². The Hall–Kier alpha value is -4.52. The Bertz CT molecular complexity index is 1630. The summed E-state index contributed by atoms with van der Waals surface area (Å²) in [4.78, 5) is 37.8. The SMILES string of the molecule is Cc1cc(=O)oc2cc(OC(=O)c3nn(Cc4ccccc4)c(=O)c4ccccc34)ccc12. The summed E-state index contributed by atoms with van der Waals surface area (Å²) in [5.41, 5.74) is 1.20. The normalized spacial score (nSPS) is 11.1. The second kappa shape index (κ2) is 8.20. The predicted octanol–water partition coefficient (Wildman–Crippen LogP) is 4.08. The van der Waals surface area contributed by atoms with Crippen molar-refractivity contribution in [3.05, 3.63) is 116 Å². The molecule has 0 aliphatic carbocycles. The molecule has 7 heteroatoms. The van der Waals surface area contributed by atoms with E-state index in [1.54, 1.807) is 43.3 Å². The average molecular weight is 438 g/mol.